The Morgan fingerprint density at radius 2 is 2.05 bits per heavy atom. The summed E-state index contributed by atoms with van der Waals surface area (Å²) in [6.45, 7) is 5.30. The van der Waals surface area contributed by atoms with Crippen LogP contribution in [-0.2, 0) is 13.0 Å². The minimum atomic E-state index is -2.49. The van der Waals surface area contributed by atoms with Crippen molar-refractivity contribution < 1.29 is 8.78 Å². The minimum Gasteiger partial charge on any atom is -0.350 e. The van der Waals surface area contributed by atoms with E-state index in [1.807, 2.05) is 13.8 Å². The molecule has 2 aromatic heterocycles. The van der Waals surface area contributed by atoms with Crippen molar-refractivity contribution in [3.05, 3.63) is 46.4 Å². The molecule has 0 N–H and O–H groups in total. The Morgan fingerprint density at radius 3 is 2.81 bits per heavy atom. The van der Waals surface area contributed by atoms with Gasteiger partial charge in [-0.15, -0.1) is 5.10 Å². The Morgan fingerprint density at radius 1 is 1.24 bits per heavy atom. The molecule has 110 valence electrons. The quantitative estimate of drug-likeness (QED) is 0.852. The molecule has 0 atom stereocenters. The zero-order valence-corrected chi connectivity index (χ0v) is 12.0. The lowest BCUT2D eigenvalue weighted by Crippen LogP contribution is -2.32. The Bertz CT molecular complexity index is 673. The highest BCUT2D eigenvalue weighted by molar-refractivity contribution is 5.50. The van der Waals surface area contributed by atoms with Crippen molar-refractivity contribution in [2.45, 2.75) is 33.2 Å². The average molecular weight is 290 g/mol. The van der Waals surface area contributed by atoms with Crippen molar-refractivity contribution in [1.29, 1.82) is 0 Å². The van der Waals surface area contributed by atoms with Gasteiger partial charge in [-0.1, -0.05) is 0 Å². The summed E-state index contributed by atoms with van der Waals surface area (Å²) in [6.07, 6.45) is 1.25. The van der Waals surface area contributed by atoms with Gasteiger partial charge < -0.3 is 4.90 Å². The van der Waals surface area contributed by atoms with Crippen LogP contribution in [-0.4, -0.2) is 21.7 Å². The fourth-order valence-electron chi connectivity index (χ4n) is 2.56. The molecule has 21 heavy (non-hydrogen) atoms. The van der Waals surface area contributed by atoms with E-state index in [0.717, 1.165) is 41.2 Å². The number of nitrogens with zero attached hydrogens (tertiary/aromatic N) is 4. The second-order valence-corrected chi connectivity index (χ2v) is 5.32. The third kappa shape index (κ3) is 2.57. The molecule has 3 rings (SSSR count). The Balaban J connectivity index is 1.93. The molecule has 3 heterocycles. The van der Waals surface area contributed by atoms with E-state index in [0.29, 0.717) is 6.54 Å². The van der Waals surface area contributed by atoms with Gasteiger partial charge >= 0.3 is 0 Å². The molecule has 0 saturated heterocycles. The van der Waals surface area contributed by atoms with Crippen molar-refractivity contribution in [2.24, 2.45) is 0 Å². The maximum absolute atomic E-state index is 12.8. The summed E-state index contributed by atoms with van der Waals surface area (Å²) in [5.74, 6) is 0.822. The first kappa shape index (κ1) is 13.9. The first-order valence-electron chi connectivity index (χ1n) is 6.86. The van der Waals surface area contributed by atoms with E-state index in [-0.39, 0.29) is 5.56 Å². The van der Waals surface area contributed by atoms with Crippen LogP contribution in [0.5, 0.6) is 0 Å². The van der Waals surface area contributed by atoms with Gasteiger partial charge in [-0.3, -0.25) is 4.98 Å². The van der Waals surface area contributed by atoms with Crippen LogP contribution in [0.25, 0.3) is 0 Å². The molecular weight excluding hydrogens is 274 g/mol. The average Bonchev–Trinajstić information content (AvgIpc) is 2.49. The molecule has 4 nitrogen and oxygen atoms in total. The lowest BCUT2D eigenvalue weighted by Gasteiger charge is -2.30. The van der Waals surface area contributed by atoms with Crippen molar-refractivity contribution >= 4 is 5.82 Å². The molecule has 2 aromatic rings. The standard InChI is InChI=1S/C15H16F2N4/c1-9-6-19-20-15(10(9)2)21-4-3-13-12(8-21)5-11(7-18-13)14(16)17/h5-7,14H,3-4,8H2,1-2H3. The van der Waals surface area contributed by atoms with Gasteiger partial charge in [0.05, 0.1) is 6.20 Å². The van der Waals surface area contributed by atoms with E-state index in [1.54, 1.807) is 12.3 Å². The summed E-state index contributed by atoms with van der Waals surface area (Å²) in [7, 11) is 0. The highest BCUT2D eigenvalue weighted by Gasteiger charge is 2.22. The summed E-state index contributed by atoms with van der Waals surface area (Å²) >= 11 is 0. The van der Waals surface area contributed by atoms with Crippen LogP contribution in [0.15, 0.2) is 18.5 Å². The molecule has 6 heteroatoms. The van der Waals surface area contributed by atoms with Gasteiger partial charge in [0.2, 0.25) is 0 Å². The first-order valence-corrected chi connectivity index (χ1v) is 6.86. The number of anilines is 1. The fourth-order valence-corrected chi connectivity index (χ4v) is 2.56. The zero-order valence-electron chi connectivity index (χ0n) is 12.0. The van der Waals surface area contributed by atoms with Gasteiger partial charge in [-0.05, 0) is 36.6 Å². The molecule has 0 aliphatic carbocycles. The van der Waals surface area contributed by atoms with Crippen LogP contribution in [0.4, 0.5) is 14.6 Å². The maximum Gasteiger partial charge on any atom is 0.265 e. The van der Waals surface area contributed by atoms with Crippen LogP contribution in [0.2, 0.25) is 0 Å². The maximum atomic E-state index is 12.8. The predicted molar refractivity (Wildman–Crippen MR) is 75.5 cm³/mol. The first-order chi connectivity index (χ1) is 10.1. The lowest BCUT2D eigenvalue weighted by atomic mass is 10.0. The number of aryl methyl sites for hydroxylation is 1. The number of hydrogen-bond donors (Lipinski definition) is 0. The number of rotatable bonds is 2. The third-order valence-electron chi connectivity index (χ3n) is 3.94. The smallest absolute Gasteiger partial charge is 0.265 e. The van der Waals surface area contributed by atoms with Gasteiger partial charge in [-0.2, -0.15) is 5.10 Å². The van der Waals surface area contributed by atoms with Crippen LogP contribution >= 0.6 is 0 Å². The number of hydrogen-bond acceptors (Lipinski definition) is 4. The summed E-state index contributed by atoms with van der Waals surface area (Å²) in [5, 5.41) is 8.20. The number of aromatic nitrogens is 3. The van der Waals surface area contributed by atoms with Crippen molar-refractivity contribution in [1.82, 2.24) is 15.2 Å². The van der Waals surface area contributed by atoms with E-state index < -0.39 is 6.43 Å². The topological polar surface area (TPSA) is 41.9 Å². The van der Waals surface area contributed by atoms with Gasteiger partial charge in [0.1, 0.15) is 0 Å². The third-order valence-corrected chi connectivity index (χ3v) is 3.94. The monoisotopic (exact) mass is 290 g/mol. The normalized spacial score (nSPS) is 14.4. The summed E-state index contributed by atoms with van der Waals surface area (Å²) < 4.78 is 25.6. The Labute approximate surface area is 121 Å². The van der Waals surface area contributed by atoms with Crippen LogP contribution < -0.4 is 4.90 Å². The second kappa shape index (κ2) is 5.35. The highest BCUT2D eigenvalue weighted by Crippen LogP contribution is 2.27. The Kier molecular flexibility index (Phi) is 3.53. The number of alkyl halides is 2. The van der Waals surface area contributed by atoms with E-state index in [4.69, 9.17) is 0 Å². The van der Waals surface area contributed by atoms with Crippen LogP contribution in [0, 0.1) is 13.8 Å². The fraction of sp³-hybridized carbons (Fsp3) is 0.400. The van der Waals surface area contributed by atoms with Crippen molar-refractivity contribution in [2.75, 3.05) is 11.4 Å². The van der Waals surface area contributed by atoms with Crippen molar-refractivity contribution in [3.63, 3.8) is 0 Å². The minimum absolute atomic E-state index is 0.0253. The molecule has 0 unspecified atom stereocenters. The molecule has 0 radical (unpaired) electrons. The second-order valence-electron chi connectivity index (χ2n) is 5.32. The molecule has 0 bridgehead atoms. The van der Waals surface area contributed by atoms with Gasteiger partial charge in [-0.25, -0.2) is 8.78 Å². The summed E-state index contributed by atoms with van der Waals surface area (Å²) in [4.78, 5) is 6.24. The molecule has 0 saturated carbocycles. The number of pyridine rings is 1. The van der Waals surface area contributed by atoms with Crippen LogP contribution in [0.1, 0.15) is 34.4 Å². The van der Waals surface area contributed by atoms with E-state index in [1.165, 1.54) is 6.20 Å². The summed E-state index contributed by atoms with van der Waals surface area (Å²) in [5.41, 5.74) is 3.87. The predicted octanol–water partition coefficient (Wildman–Crippen LogP) is 2.99. The molecule has 0 amide bonds. The SMILES string of the molecule is Cc1cnnc(N2CCc3ncc(C(F)F)cc3C2)c1C. The van der Waals surface area contributed by atoms with Crippen LogP contribution in [0.3, 0.4) is 0 Å². The molecule has 1 aliphatic heterocycles. The lowest BCUT2D eigenvalue weighted by molar-refractivity contribution is 0.150. The Hall–Kier alpha value is -2.11. The van der Waals surface area contributed by atoms with Gasteiger partial charge in [0.25, 0.3) is 6.43 Å². The molecular formula is C15H16F2N4. The number of halogens is 2. The highest BCUT2D eigenvalue weighted by atomic mass is 19.3. The van der Waals surface area contributed by atoms with Crippen molar-refractivity contribution in [3.8, 4) is 0 Å². The molecule has 1 aliphatic rings. The van der Waals surface area contributed by atoms with E-state index in [9.17, 15) is 8.78 Å². The van der Waals surface area contributed by atoms with Gasteiger partial charge in [0.15, 0.2) is 5.82 Å². The largest absolute Gasteiger partial charge is 0.350 e. The van der Waals surface area contributed by atoms with E-state index >= 15 is 0 Å². The molecule has 0 spiro atoms. The molecule has 0 fully saturated rings. The zero-order chi connectivity index (χ0) is 15.0. The number of fused-ring (bicyclic) bond motifs is 1. The summed E-state index contributed by atoms with van der Waals surface area (Å²) in [6, 6.07) is 1.55. The molecule has 0 aromatic carbocycles. The van der Waals surface area contributed by atoms with E-state index in [2.05, 4.69) is 20.1 Å². The van der Waals surface area contributed by atoms with Gasteiger partial charge in [0, 0.05) is 37.0 Å².